The van der Waals surface area contributed by atoms with Gasteiger partial charge in [0.25, 0.3) is 15.9 Å². The Balaban J connectivity index is 1.40. The van der Waals surface area contributed by atoms with Crippen LogP contribution in [0.15, 0.2) is 102 Å². The van der Waals surface area contributed by atoms with Gasteiger partial charge >= 0.3 is 0 Å². The number of halogens is 2. The van der Waals surface area contributed by atoms with Gasteiger partial charge < -0.3 is 10.1 Å². The van der Waals surface area contributed by atoms with Gasteiger partial charge in [-0.15, -0.1) is 0 Å². The number of aromatic nitrogens is 3. The molecule has 0 unspecified atom stereocenters. The van der Waals surface area contributed by atoms with E-state index in [0.717, 1.165) is 0 Å². The van der Waals surface area contributed by atoms with Gasteiger partial charge in [-0.3, -0.25) is 9.52 Å². The van der Waals surface area contributed by atoms with Crippen molar-refractivity contribution in [2.24, 2.45) is 0 Å². The van der Waals surface area contributed by atoms with Crippen LogP contribution in [0.25, 0.3) is 5.82 Å². The molecule has 2 heterocycles. The van der Waals surface area contributed by atoms with Crippen LogP contribution in [0.1, 0.15) is 15.9 Å². The number of sulfonamides is 1. The molecule has 0 atom stereocenters. The molecule has 10 nitrogen and oxygen atoms in total. The standard InChI is InChI=1S/C28H18Cl2N6O4S/c29-19-8-13-24(35-41(38,39)21-11-9-20(10-12-21)40-25-6-2-1-5-23(25)30)22(15-19)28(37)34-27-18(16-31)17-33-36(27)26-7-3-4-14-32-26/h1-15,17,35H,(H,34,37). The monoisotopic (exact) mass is 604 g/mol. The SMILES string of the molecule is N#Cc1cnn(-c2ccccn2)c1NC(=O)c1cc(Cl)ccc1NS(=O)(=O)c1ccc(Oc2ccccc2Cl)cc1. The molecule has 0 aliphatic heterocycles. The number of nitrogens with zero attached hydrogens (tertiary/aromatic N) is 4. The highest BCUT2D eigenvalue weighted by Gasteiger charge is 2.22. The zero-order chi connectivity index (χ0) is 29.0. The molecule has 0 aliphatic carbocycles. The second kappa shape index (κ2) is 11.7. The molecule has 204 valence electrons. The van der Waals surface area contributed by atoms with Crippen LogP contribution in [0.2, 0.25) is 10.0 Å². The maximum atomic E-state index is 13.4. The summed E-state index contributed by atoms with van der Waals surface area (Å²) in [5, 5.41) is 16.9. The van der Waals surface area contributed by atoms with Crippen molar-refractivity contribution in [2.45, 2.75) is 4.90 Å². The number of hydrogen-bond donors (Lipinski definition) is 2. The Kier molecular flexibility index (Phi) is 7.89. The molecule has 0 radical (unpaired) electrons. The zero-order valence-corrected chi connectivity index (χ0v) is 23.2. The third-order valence-electron chi connectivity index (χ3n) is 5.66. The predicted octanol–water partition coefficient (Wildman–Crippen LogP) is 6.29. The van der Waals surface area contributed by atoms with Crippen molar-refractivity contribution in [2.75, 3.05) is 10.0 Å². The minimum atomic E-state index is -4.14. The van der Waals surface area contributed by atoms with E-state index in [1.807, 2.05) is 6.07 Å². The summed E-state index contributed by atoms with van der Waals surface area (Å²) in [5.74, 6) is 0.477. The van der Waals surface area contributed by atoms with E-state index in [0.29, 0.717) is 22.3 Å². The summed E-state index contributed by atoms with van der Waals surface area (Å²) in [7, 11) is -4.14. The van der Waals surface area contributed by atoms with E-state index in [9.17, 15) is 18.5 Å². The van der Waals surface area contributed by atoms with Crippen molar-refractivity contribution in [3.05, 3.63) is 118 Å². The van der Waals surface area contributed by atoms with E-state index in [2.05, 4.69) is 20.1 Å². The quantitative estimate of drug-likeness (QED) is 0.212. The number of nitrogens with one attached hydrogen (secondary N) is 2. The Labute approximate surface area is 244 Å². The summed E-state index contributed by atoms with van der Waals surface area (Å²) in [6, 6.07) is 23.7. The van der Waals surface area contributed by atoms with Crippen LogP contribution in [-0.2, 0) is 10.0 Å². The average molecular weight is 605 g/mol. The first-order valence-electron chi connectivity index (χ1n) is 11.8. The predicted molar refractivity (Wildman–Crippen MR) is 154 cm³/mol. The lowest BCUT2D eigenvalue weighted by atomic mass is 10.1. The van der Waals surface area contributed by atoms with Crippen LogP contribution in [0.5, 0.6) is 11.5 Å². The smallest absolute Gasteiger partial charge is 0.261 e. The third-order valence-corrected chi connectivity index (χ3v) is 7.59. The van der Waals surface area contributed by atoms with Gasteiger partial charge in [-0.05, 0) is 66.7 Å². The molecule has 0 spiro atoms. The Bertz CT molecular complexity index is 1890. The van der Waals surface area contributed by atoms with Crippen LogP contribution in [0.3, 0.4) is 0 Å². The topological polar surface area (TPSA) is 139 Å². The number of carbonyl (C=O) groups is 1. The summed E-state index contributed by atoms with van der Waals surface area (Å²) < 4.78 is 35.9. The van der Waals surface area contributed by atoms with Gasteiger partial charge in [0.15, 0.2) is 11.6 Å². The van der Waals surface area contributed by atoms with E-state index >= 15 is 0 Å². The number of pyridine rings is 1. The number of hydrogen-bond acceptors (Lipinski definition) is 7. The Morgan fingerprint density at radius 3 is 2.44 bits per heavy atom. The second-order valence-corrected chi connectivity index (χ2v) is 10.9. The Morgan fingerprint density at radius 1 is 0.976 bits per heavy atom. The van der Waals surface area contributed by atoms with Crippen LogP contribution in [-0.4, -0.2) is 29.1 Å². The van der Waals surface area contributed by atoms with Crippen LogP contribution >= 0.6 is 23.2 Å². The fraction of sp³-hybridized carbons (Fsp3) is 0. The number of ether oxygens (including phenoxy) is 1. The van der Waals surface area contributed by atoms with Gasteiger partial charge in [-0.2, -0.15) is 15.0 Å². The Hall–Kier alpha value is -4.89. The molecule has 5 rings (SSSR count). The number of benzene rings is 3. The van der Waals surface area contributed by atoms with Gasteiger partial charge in [0, 0.05) is 11.2 Å². The van der Waals surface area contributed by atoms with Gasteiger partial charge in [-0.25, -0.2) is 13.4 Å². The summed E-state index contributed by atoms with van der Waals surface area (Å²) in [6.45, 7) is 0. The maximum Gasteiger partial charge on any atom is 0.261 e. The first-order chi connectivity index (χ1) is 19.7. The number of para-hydroxylation sites is 1. The zero-order valence-electron chi connectivity index (χ0n) is 20.8. The first-order valence-corrected chi connectivity index (χ1v) is 14.0. The number of nitriles is 1. The van der Waals surface area contributed by atoms with Crippen molar-refractivity contribution in [1.82, 2.24) is 14.8 Å². The number of amides is 1. The molecule has 2 N–H and O–H groups in total. The Morgan fingerprint density at radius 2 is 1.73 bits per heavy atom. The fourth-order valence-electron chi connectivity index (χ4n) is 3.72. The van der Waals surface area contributed by atoms with Crippen molar-refractivity contribution < 1.29 is 17.9 Å². The molecule has 0 bridgehead atoms. The number of anilines is 2. The van der Waals surface area contributed by atoms with Crippen molar-refractivity contribution in [3.8, 4) is 23.4 Å². The molecule has 3 aromatic carbocycles. The average Bonchev–Trinajstić information content (AvgIpc) is 3.38. The summed E-state index contributed by atoms with van der Waals surface area (Å²) in [4.78, 5) is 17.5. The molecule has 0 saturated heterocycles. The van der Waals surface area contributed by atoms with Crippen LogP contribution < -0.4 is 14.8 Å². The molecular formula is C28H18Cl2N6O4S. The lowest BCUT2D eigenvalue weighted by Gasteiger charge is -2.14. The molecule has 41 heavy (non-hydrogen) atoms. The van der Waals surface area contributed by atoms with Gasteiger partial charge in [0.2, 0.25) is 0 Å². The highest BCUT2D eigenvalue weighted by atomic mass is 35.5. The van der Waals surface area contributed by atoms with E-state index in [1.54, 1.807) is 42.5 Å². The molecular weight excluding hydrogens is 587 g/mol. The second-order valence-electron chi connectivity index (χ2n) is 8.37. The van der Waals surface area contributed by atoms with Crippen LogP contribution in [0.4, 0.5) is 11.5 Å². The lowest BCUT2D eigenvalue weighted by Crippen LogP contribution is -2.20. The molecule has 0 saturated carbocycles. The first kappa shape index (κ1) is 27.7. The minimum absolute atomic E-state index is 0.0364. The summed E-state index contributed by atoms with van der Waals surface area (Å²) in [5.41, 5.74) is -0.0460. The van der Waals surface area contributed by atoms with Gasteiger partial charge in [0.1, 0.15) is 23.1 Å². The minimum Gasteiger partial charge on any atom is -0.456 e. The van der Waals surface area contributed by atoms with Crippen molar-refractivity contribution >= 4 is 50.6 Å². The van der Waals surface area contributed by atoms with E-state index < -0.39 is 15.9 Å². The molecule has 1 amide bonds. The molecule has 13 heteroatoms. The van der Waals surface area contributed by atoms with Crippen molar-refractivity contribution in [3.63, 3.8) is 0 Å². The summed E-state index contributed by atoms with van der Waals surface area (Å²) >= 11 is 12.3. The largest absolute Gasteiger partial charge is 0.456 e. The fourth-order valence-corrected chi connectivity index (χ4v) is 5.14. The maximum absolute atomic E-state index is 13.4. The number of rotatable bonds is 8. The highest BCUT2D eigenvalue weighted by molar-refractivity contribution is 7.92. The van der Waals surface area contributed by atoms with Gasteiger partial charge in [0.05, 0.1) is 27.4 Å². The van der Waals surface area contributed by atoms with E-state index in [4.69, 9.17) is 27.9 Å². The normalized spacial score (nSPS) is 11.0. The van der Waals surface area contributed by atoms with E-state index in [1.165, 1.54) is 59.5 Å². The molecule has 0 aliphatic rings. The molecule has 0 fully saturated rings. The third kappa shape index (κ3) is 6.15. The summed E-state index contributed by atoms with van der Waals surface area (Å²) in [6.07, 6.45) is 2.82. The molecule has 5 aromatic rings. The lowest BCUT2D eigenvalue weighted by molar-refractivity contribution is 0.102. The van der Waals surface area contributed by atoms with Crippen LogP contribution in [0, 0.1) is 11.3 Å². The van der Waals surface area contributed by atoms with Crippen molar-refractivity contribution in [1.29, 1.82) is 5.26 Å². The van der Waals surface area contributed by atoms with Gasteiger partial charge in [-0.1, -0.05) is 41.4 Å². The number of carbonyl (C=O) groups excluding carboxylic acids is 1. The highest BCUT2D eigenvalue weighted by Crippen LogP contribution is 2.30. The molecule has 2 aromatic heterocycles. The van der Waals surface area contributed by atoms with E-state index in [-0.39, 0.29) is 32.6 Å².